The van der Waals surface area contributed by atoms with Crippen molar-refractivity contribution in [3.05, 3.63) is 16.9 Å². The van der Waals surface area contributed by atoms with E-state index in [0.717, 1.165) is 31.7 Å². The molecule has 6 heteroatoms. The van der Waals surface area contributed by atoms with E-state index < -0.39 is 6.17 Å². The highest BCUT2D eigenvalue weighted by molar-refractivity contribution is 6.30. The molecule has 2 atom stereocenters. The molecular weight excluding hydrogens is 257 g/mol. The van der Waals surface area contributed by atoms with Crippen LogP contribution in [0, 0.1) is 6.92 Å². The lowest BCUT2D eigenvalue weighted by molar-refractivity contribution is -0.0847. The molecule has 0 unspecified atom stereocenters. The number of alkyl halides is 1. The van der Waals surface area contributed by atoms with Crippen molar-refractivity contribution in [1.82, 2.24) is 14.7 Å². The Balaban J connectivity index is 1.70. The van der Waals surface area contributed by atoms with Gasteiger partial charge in [0, 0.05) is 18.7 Å². The van der Waals surface area contributed by atoms with E-state index in [1.807, 2.05) is 6.92 Å². The molecule has 3 heterocycles. The Labute approximate surface area is 111 Å². The van der Waals surface area contributed by atoms with Gasteiger partial charge in [-0.15, -0.1) is 0 Å². The molecule has 1 aromatic heterocycles. The van der Waals surface area contributed by atoms with Gasteiger partial charge in [0.25, 0.3) is 0 Å². The first-order valence-electron chi connectivity index (χ1n) is 6.32. The summed E-state index contributed by atoms with van der Waals surface area (Å²) >= 11 is 6.15. The molecule has 1 aromatic rings. The number of ether oxygens (including phenoxy) is 1. The molecule has 2 aliphatic rings. The Bertz CT molecular complexity index is 435. The number of halogens is 2. The lowest BCUT2D eigenvalue weighted by Gasteiger charge is -2.42. The van der Waals surface area contributed by atoms with Crippen LogP contribution < -0.4 is 0 Å². The van der Waals surface area contributed by atoms with E-state index in [1.54, 1.807) is 10.9 Å². The van der Waals surface area contributed by atoms with Crippen LogP contribution in [-0.4, -0.2) is 53.2 Å². The van der Waals surface area contributed by atoms with E-state index in [-0.39, 0.29) is 6.04 Å². The largest absolute Gasteiger partial charge is 0.378 e. The smallest absolute Gasteiger partial charge is 0.135 e. The van der Waals surface area contributed by atoms with E-state index in [2.05, 4.69) is 10.00 Å². The third-order valence-electron chi connectivity index (χ3n) is 3.89. The standard InChI is InChI=1S/C12H17ClFN3O/c1-8-4-15-17(12(8)13)11-2-3-16(5-10(11)14)9-6-18-7-9/h4,9-11H,2-3,5-7H2,1H3/t10-,11-/m0/s1. The number of likely N-dealkylation sites (tertiary alicyclic amines) is 1. The van der Waals surface area contributed by atoms with Crippen LogP contribution in [0.2, 0.25) is 5.15 Å². The molecule has 2 saturated heterocycles. The van der Waals surface area contributed by atoms with E-state index in [0.29, 0.717) is 17.7 Å². The molecule has 100 valence electrons. The predicted octanol–water partition coefficient (Wildman–Crippen LogP) is 1.83. The summed E-state index contributed by atoms with van der Waals surface area (Å²) in [6.07, 6.45) is 1.52. The van der Waals surface area contributed by atoms with Crippen molar-refractivity contribution >= 4 is 11.6 Å². The number of hydrogen-bond acceptors (Lipinski definition) is 3. The van der Waals surface area contributed by atoms with Gasteiger partial charge in [-0.25, -0.2) is 9.07 Å². The van der Waals surface area contributed by atoms with Crippen LogP contribution in [0.1, 0.15) is 18.0 Å². The van der Waals surface area contributed by atoms with Gasteiger partial charge in [0.2, 0.25) is 0 Å². The van der Waals surface area contributed by atoms with Crippen molar-refractivity contribution in [2.75, 3.05) is 26.3 Å². The lowest BCUT2D eigenvalue weighted by Crippen LogP contribution is -2.55. The summed E-state index contributed by atoms with van der Waals surface area (Å²) in [5, 5.41) is 4.75. The van der Waals surface area contributed by atoms with Crippen molar-refractivity contribution in [1.29, 1.82) is 0 Å². The molecule has 0 N–H and O–H groups in total. The number of piperidine rings is 1. The summed E-state index contributed by atoms with van der Waals surface area (Å²) < 4.78 is 21.1. The summed E-state index contributed by atoms with van der Waals surface area (Å²) in [4.78, 5) is 2.18. The molecule has 0 aliphatic carbocycles. The number of nitrogens with zero attached hydrogens (tertiary/aromatic N) is 3. The quantitative estimate of drug-likeness (QED) is 0.824. The van der Waals surface area contributed by atoms with Gasteiger partial charge in [-0.3, -0.25) is 4.90 Å². The summed E-state index contributed by atoms with van der Waals surface area (Å²) in [5.74, 6) is 0. The molecule has 0 saturated carbocycles. The second-order valence-electron chi connectivity index (χ2n) is 5.12. The molecule has 4 nitrogen and oxygen atoms in total. The van der Waals surface area contributed by atoms with Crippen molar-refractivity contribution < 1.29 is 9.13 Å². The maximum absolute atomic E-state index is 14.3. The third kappa shape index (κ3) is 2.04. The molecule has 3 rings (SSSR count). The normalized spacial score (nSPS) is 30.4. The maximum Gasteiger partial charge on any atom is 0.135 e. The molecule has 2 aliphatic heterocycles. The van der Waals surface area contributed by atoms with Crippen molar-refractivity contribution in [3.63, 3.8) is 0 Å². The third-order valence-corrected chi connectivity index (χ3v) is 4.36. The molecule has 2 fully saturated rings. The SMILES string of the molecule is Cc1cnn([C@H]2CCN(C3COC3)C[C@@H]2F)c1Cl. The van der Waals surface area contributed by atoms with Gasteiger partial charge in [-0.05, 0) is 13.3 Å². The van der Waals surface area contributed by atoms with E-state index in [4.69, 9.17) is 16.3 Å². The highest BCUT2D eigenvalue weighted by Crippen LogP contribution is 2.30. The Morgan fingerprint density at radius 3 is 2.78 bits per heavy atom. The summed E-state index contributed by atoms with van der Waals surface area (Å²) in [7, 11) is 0. The van der Waals surface area contributed by atoms with Crippen LogP contribution >= 0.6 is 11.6 Å². The molecule has 0 spiro atoms. The second-order valence-corrected chi connectivity index (χ2v) is 5.48. The number of aromatic nitrogens is 2. The number of rotatable bonds is 2. The van der Waals surface area contributed by atoms with Crippen molar-refractivity contribution in [2.24, 2.45) is 0 Å². The zero-order valence-corrected chi connectivity index (χ0v) is 11.1. The number of aryl methyl sites for hydroxylation is 1. The fraction of sp³-hybridized carbons (Fsp3) is 0.750. The molecule has 0 aromatic carbocycles. The number of hydrogen-bond donors (Lipinski definition) is 0. The summed E-state index contributed by atoms with van der Waals surface area (Å²) in [6.45, 7) is 4.69. The molecule has 0 bridgehead atoms. The van der Waals surface area contributed by atoms with Crippen LogP contribution in [-0.2, 0) is 4.74 Å². The van der Waals surface area contributed by atoms with Gasteiger partial charge in [0.1, 0.15) is 11.3 Å². The highest BCUT2D eigenvalue weighted by atomic mass is 35.5. The van der Waals surface area contributed by atoms with E-state index in [1.165, 1.54) is 0 Å². The van der Waals surface area contributed by atoms with Gasteiger partial charge in [-0.2, -0.15) is 5.10 Å². The lowest BCUT2D eigenvalue weighted by atomic mass is 10.0. The van der Waals surface area contributed by atoms with Gasteiger partial charge >= 0.3 is 0 Å². The minimum atomic E-state index is -0.920. The van der Waals surface area contributed by atoms with E-state index in [9.17, 15) is 4.39 Å². The topological polar surface area (TPSA) is 30.3 Å². The molecule has 0 radical (unpaired) electrons. The Morgan fingerprint density at radius 2 is 2.28 bits per heavy atom. The highest BCUT2D eigenvalue weighted by Gasteiger charge is 2.37. The zero-order valence-electron chi connectivity index (χ0n) is 10.4. The second kappa shape index (κ2) is 4.79. The van der Waals surface area contributed by atoms with Crippen molar-refractivity contribution in [3.8, 4) is 0 Å². The molecular formula is C12H17ClFN3O. The Hall–Kier alpha value is -0.650. The van der Waals surface area contributed by atoms with Crippen LogP contribution in [0.15, 0.2) is 6.20 Å². The monoisotopic (exact) mass is 273 g/mol. The van der Waals surface area contributed by atoms with Crippen LogP contribution in [0.4, 0.5) is 4.39 Å². The van der Waals surface area contributed by atoms with Crippen LogP contribution in [0.25, 0.3) is 0 Å². The molecule has 18 heavy (non-hydrogen) atoms. The first-order valence-corrected chi connectivity index (χ1v) is 6.70. The van der Waals surface area contributed by atoms with Crippen LogP contribution in [0.3, 0.4) is 0 Å². The van der Waals surface area contributed by atoms with Crippen LogP contribution in [0.5, 0.6) is 0 Å². The van der Waals surface area contributed by atoms with Crippen molar-refractivity contribution in [2.45, 2.75) is 31.6 Å². The minimum absolute atomic E-state index is 0.233. The van der Waals surface area contributed by atoms with Gasteiger partial charge in [-0.1, -0.05) is 11.6 Å². The average Bonchev–Trinajstić information content (AvgIpc) is 2.58. The Kier molecular flexibility index (Phi) is 3.30. The summed E-state index contributed by atoms with van der Waals surface area (Å²) in [6, 6.07) is 0.169. The predicted molar refractivity (Wildman–Crippen MR) is 66.7 cm³/mol. The fourth-order valence-corrected chi connectivity index (χ4v) is 2.84. The Morgan fingerprint density at radius 1 is 1.50 bits per heavy atom. The van der Waals surface area contributed by atoms with E-state index >= 15 is 0 Å². The first kappa shape index (κ1) is 12.4. The molecule has 0 amide bonds. The first-order chi connectivity index (χ1) is 8.66. The fourth-order valence-electron chi connectivity index (χ4n) is 2.62. The van der Waals surface area contributed by atoms with Gasteiger partial charge in [0.05, 0.1) is 31.5 Å². The minimum Gasteiger partial charge on any atom is -0.378 e. The average molecular weight is 274 g/mol. The van der Waals surface area contributed by atoms with Gasteiger partial charge < -0.3 is 4.74 Å². The zero-order chi connectivity index (χ0) is 12.7. The summed E-state index contributed by atoms with van der Waals surface area (Å²) in [5.41, 5.74) is 0.902. The maximum atomic E-state index is 14.3. The van der Waals surface area contributed by atoms with Gasteiger partial charge in [0.15, 0.2) is 0 Å².